The van der Waals surface area contributed by atoms with Crippen molar-refractivity contribution < 1.29 is 9.53 Å². The van der Waals surface area contributed by atoms with Crippen LogP contribution in [-0.4, -0.2) is 39.3 Å². The molecule has 1 aromatic carbocycles. The summed E-state index contributed by atoms with van der Waals surface area (Å²) < 4.78 is 4.89. The van der Waals surface area contributed by atoms with Gasteiger partial charge in [0.05, 0.1) is 17.2 Å². The minimum Gasteiger partial charge on any atom is -0.383 e. The Morgan fingerprint density at radius 2 is 2.00 bits per heavy atom. The van der Waals surface area contributed by atoms with E-state index in [0.717, 1.165) is 6.54 Å². The second-order valence-corrected chi connectivity index (χ2v) is 3.89. The molecule has 0 spiro atoms. The Morgan fingerprint density at radius 1 is 1.28 bits per heavy atom. The lowest BCUT2D eigenvalue weighted by molar-refractivity contribution is 0.0954. The molecule has 0 aliphatic heterocycles. The first-order valence-electron chi connectivity index (χ1n) is 5.48. The molecule has 0 bridgehead atoms. The summed E-state index contributed by atoms with van der Waals surface area (Å²) in [6.45, 7) is 2.71. The first-order chi connectivity index (χ1) is 8.25. The number of benzene rings is 1. The van der Waals surface area contributed by atoms with Crippen LogP contribution in [0.2, 0.25) is 5.02 Å². The van der Waals surface area contributed by atoms with Crippen LogP contribution in [0.3, 0.4) is 0 Å². The molecule has 0 radical (unpaired) electrons. The number of rotatable bonds is 7. The van der Waals surface area contributed by atoms with Crippen molar-refractivity contribution >= 4 is 29.9 Å². The quantitative estimate of drug-likeness (QED) is 0.753. The van der Waals surface area contributed by atoms with Crippen molar-refractivity contribution in [2.75, 3.05) is 33.4 Å². The Morgan fingerprint density at radius 3 is 2.67 bits per heavy atom. The third-order valence-electron chi connectivity index (χ3n) is 2.19. The molecule has 4 nitrogen and oxygen atoms in total. The fourth-order valence-corrected chi connectivity index (χ4v) is 1.53. The van der Waals surface area contributed by atoms with Gasteiger partial charge in [0.15, 0.2) is 0 Å². The minimum atomic E-state index is -0.149. The molecule has 0 unspecified atom stereocenters. The summed E-state index contributed by atoms with van der Waals surface area (Å²) in [5, 5.41) is 6.39. The molecule has 0 aliphatic carbocycles. The smallest absolute Gasteiger partial charge is 0.252 e. The van der Waals surface area contributed by atoms with E-state index in [1.807, 2.05) is 0 Å². The predicted molar refractivity (Wildman–Crippen MR) is 75.8 cm³/mol. The van der Waals surface area contributed by atoms with E-state index in [0.29, 0.717) is 30.3 Å². The van der Waals surface area contributed by atoms with Gasteiger partial charge in [-0.3, -0.25) is 4.79 Å². The maximum atomic E-state index is 11.7. The maximum Gasteiger partial charge on any atom is 0.252 e. The van der Waals surface area contributed by atoms with Crippen molar-refractivity contribution in [3.63, 3.8) is 0 Å². The molecule has 18 heavy (non-hydrogen) atoms. The van der Waals surface area contributed by atoms with Gasteiger partial charge in [0.2, 0.25) is 0 Å². The number of amides is 1. The van der Waals surface area contributed by atoms with E-state index in [1.54, 1.807) is 31.4 Å². The molecule has 1 aromatic rings. The summed E-state index contributed by atoms with van der Waals surface area (Å²) >= 11 is 5.91. The molecule has 0 aromatic heterocycles. The third-order valence-corrected chi connectivity index (χ3v) is 2.52. The number of carbonyl (C=O) groups is 1. The highest BCUT2D eigenvalue weighted by molar-refractivity contribution is 6.33. The molecule has 6 heteroatoms. The van der Waals surface area contributed by atoms with Crippen molar-refractivity contribution in [1.29, 1.82) is 0 Å². The largest absolute Gasteiger partial charge is 0.383 e. The highest BCUT2D eigenvalue weighted by Crippen LogP contribution is 2.14. The summed E-state index contributed by atoms with van der Waals surface area (Å²) in [5.74, 6) is -0.149. The van der Waals surface area contributed by atoms with Gasteiger partial charge in [-0.15, -0.1) is 12.4 Å². The molecule has 2 N–H and O–H groups in total. The van der Waals surface area contributed by atoms with Gasteiger partial charge in [0, 0.05) is 26.7 Å². The molecule has 0 heterocycles. The number of nitrogens with one attached hydrogen (secondary N) is 2. The molecule has 0 aliphatic rings. The topological polar surface area (TPSA) is 50.4 Å². The Balaban J connectivity index is 0.00000289. The normalized spacial score (nSPS) is 9.67. The molecular weight excluding hydrogens is 275 g/mol. The Labute approximate surface area is 118 Å². The standard InChI is InChI=1S/C12H17ClN2O2.ClH/c1-17-9-8-14-6-7-15-12(16)10-4-2-3-5-11(10)13;/h2-5,14H,6-9H2,1H3,(H,15,16);1H. The highest BCUT2D eigenvalue weighted by atomic mass is 35.5. The van der Waals surface area contributed by atoms with Crippen LogP contribution < -0.4 is 10.6 Å². The van der Waals surface area contributed by atoms with E-state index in [2.05, 4.69) is 10.6 Å². The summed E-state index contributed by atoms with van der Waals surface area (Å²) in [6, 6.07) is 6.99. The van der Waals surface area contributed by atoms with E-state index >= 15 is 0 Å². The summed E-state index contributed by atoms with van der Waals surface area (Å²) in [6.07, 6.45) is 0. The highest BCUT2D eigenvalue weighted by Gasteiger charge is 2.07. The fraction of sp³-hybridized carbons (Fsp3) is 0.417. The summed E-state index contributed by atoms with van der Waals surface area (Å²) in [5.41, 5.74) is 0.506. The van der Waals surface area contributed by atoms with Gasteiger partial charge in [0.25, 0.3) is 5.91 Å². The van der Waals surface area contributed by atoms with Crippen molar-refractivity contribution in [2.24, 2.45) is 0 Å². The molecule has 0 saturated heterocycles. The number of halogens is 2. The molecule has 1 amide bonds. The number of hydrogen-bond acceptors (Lipinski definition) is 3. The van der Waals surface area contributed by atoms with Crippen molar-refractivity contribution in [3.05, 3.63) is 34.9 Å². The average molecular weight is 293 g/mol. The van der Waals surface area contributed by atoms with Crippen molar-refractivity contribution in [3.8, 4) is 0 Å². The second-order valence-electron chi connectivity index (χ2n) is 3.48. The third kappa shape index (κ3) is 6.21. The monoisotopic (exact) mass is 292 g/mol. The van der Waals surface area contributed by atoms with Gasteiger partial charge in [-0.1, -0.05) is 23.7 Å². The van der Waals surface area contributed by atoms with E-state index in [-0.39, 0.29) is 18.3 Å². The Hall–Kier alpha value is -0.810. The molecule has 0 atom stereocenters. The lowest BCUT2D eigenvalue weighted by Gasteiger charge is -2.07. The second kappa shape index (κ2) is 10.1. The van der Waals surface area contributed by atoms with E-state index in [4.69, 9.17) is 16.3 Å². The number of carbonyl (C=O) groups excluding carboxylic acids is 1. The number of methoxy groups -OCH3 is 1. The van der Waals surface area contributed by atoms with Gasteiger partial charge in [-0.25, -0.2) is 0 Å². The zero-order chi connectivity index (χ0) is 12.5. The average Bonchev–Trinajstić information content (AvgIpc) is 2.34. The maximum absolute atomic E-state index is 11.7. The lowest BCUT2D eigenvalue weighted by Crippen LogP contribution is -2.33. The Bertz CT molecular complexity index is 362. The van der Waals surface area contributed by atoms with Gasteiger partial charge < -0.3 is 15.4 Å². The van der Waals surface area contributed by atoms with Crippen molar-refractivity contribution in [1.82, 2.24) is 10.6 Å². The number of hydrogen-bond donors (Lipinski definition) is 2. The number of ether oxygens (including phenoxy) is 1. The van der Waals surface area contributed by atoms with Gasteiger partial charge in [-0.05, 0) is 12.1 Å². The van der Waals surface area contributed by atoms with Crippen LogP contribution in [0.1, 0.15) is 10.4 Å². The van der Waals surface area contributed by atoms with Crippen LogP contribution in [0.15, 0.2) is 24.3 Å². The van der Waals surface area contributed by atoms with Crippen LogP contribution in [0.5, 0.6) is 0 Å². The lowest BCUT2D eigenvalue weighted by atomic mass is 10.2. The van der Waals surface area contributed by atoms with Crippen LogP contribution in [0.4, 0.5) is 0 Å². The molecule has 102 valence electrons. The SMILES string of the molecule is COCCNCCNC(=O)c1ccccc1Cl.Cl. The molecule has 1 rings (SSSR count). The van der Waals surface area contributed by atoms with Gasteiger partial charge >= 0.3 is 0 Å². The fourth-order valence-electron chi connectivity index (χ4n) is 1.30. The molecule has 0 fully saturated rings. The van der Waals surface area contributed by atoms with Crippen LogP contribution >= 0.6 is 24.0 Å². The zero-order valence-corrected chi connectivity index (χ0v) is 11.8. The minimum absolute atomic E-state index is 0. The van der Waals surface area contributed by atoms with E-state index in [9.17, 15) is 4.79 Å². The summed E-state index contributed by atoms with van der Waals surface area (Å²) in [7, 11) is 1.65. The van der Waals surface area contributed by atoms with Crippen LogP contribution in [-0.2, 0) is 4.74 Å². The van der Waals surface area contributed by atoms with E-state index < -0.39 is 0 Å². The van der Waals surface area contributed by atoms with Crippen LogP contribution in [0.25, 0.3) is 0 Å². The van der Waals surface area contributed by atoms with Gasteiger partial charge in [-0.2, -0.15) is 0 Å². The first kappa shape index (κ1) is 17.2. The molecular formula is C12H18Cl2N2O2. The predicted octanol–water partition coefficient (Wildman–Crippen LogP) is 1.73. The summed E-state index contributed by atoms with van der Waals surface area (Å²) in [4.78, 5) is 11.7. The zero-order valence-electron chi connectivity index (χ0n) is 10.2. The Kier molecular flexibility index (Phi) is 9.69. The first-order valence-corrected chi connectivity index (χ1v) is 5.86. The van der Waals surface area contributed by atoms with Crippen LogP contribution in [0, 0.1) is 0 Å². The van der Waals surface area contributed by atoms with Gasteiger partial charge in [0.1, 0.15) is 0 Å². The van der Waals surface area contributed by atoms with Crippen molar-refractivity contribution in [2.45, 2.75) is 0 Å². The molecule has 0 saturated carbocycles. The van der Waals surface area contributed by atoms with E-state index in [1.165, 1.54) is 0 Å².